The summed E-state index contributed by atoms with van der Waals surface area (Å²) in [5.41, 5.74) is 0. The molecule has 152 valence electrons. The van der Waals surface area contributed by atoms with Gasteiger partial charge in [0.2, 0.25) is 0 Å². The van der Waals surface area contributed by atoms with E-state index in [-0.39, 0.29) is 21.8 Å². The molecule has 1 aliphatic rings. The fraction of sp³-hybridized carbons (Fsp3) is 0.500. The maximum atomic E-state index is 12.8. The summed E-state index contributed by atoms with van der Waals surface area (Å²) in [5.74, 6) is 0. The second kappa shape index (κ2) is 8.11. The molecule has 1 saturated heterocycles. The molecule has 0 spiro atoms. The Labute approximate surface area is 171 Å². The van der Waals surface area contributed by atoms with Crippen molar-refractivity contribution in [3.8, 4) is 0 Å². The van der Waals surface area contributed by atoms with E-state index in [0.29, 0.717) is 0 Å². The van der Waals surface area contributed by atoms with Gasteiger partial charge in [0.15, 0.2) is 0 Å². The van der Waals surface area contributed by atoms with E-state index in [1.165, 1.54) is 10.4 Å². The number of nitrogens with zero attached hydrogens (tertiary/aromatic N) is 1. The van der Waals surface area contributed by atoms with Gasteiger partial charge in [0, 0.05) is 25.4 Å². The molecule has 1 unspecified atom stereocenters. The van der Waals surface area contributed by atoms with Crippen molar-refractivity contribution in [3.63, 3.8) is 0 Å². The van der Waals surface area contributed by atoms with Gasteiger partial charge in [-0.1, -0.05) is 81.4 Å². The molecule has 3 atom stereocenters. The van der Waals surface area contributed by atoms with Crippen LogP contribution in [0.25, 0.3) is 0 Å². The van der Waals surface area contributed by atoms with Gasteiger partial charge in [0.1, 0.15) is 0 Å². The molecule has 0 saturated carbocycles. The van der Waals surface area contributed by atoms with Crippen molar-refractivity contribution in [2.45, 2.75) is 64.1 Å². The van der Waals surface area contributed by atoms with Crippen molar-refractivity contribution in [3.05, 3.63) is 65.9 Å². The fourth-order valence-electron chi connectivity index (χ4n) is 4.86. The van der Waals surface area contributed by atoms with E-state index in [0.717, 1.165) is 25.8 Å². The normalized spacial score (nSPS) is 24.3. The fourth-order valence-corrected chi connectivity index (χ4v) is 9.58. The van der Waals surface area contributed by atoms with E-state index in [4.69, 9.17) is 4.43 Å². The Kier molecular flexibility index (Phi) is 6.16. The molecule has 0 aliphatic carbocycles. The Balaban J connectivity index is 2.01. The molecule has 1 heterocycles. The first-order valence-electron chi connectivity index (χ1n) is 10.5. The zero-order valence-electron chi connectivity index (χ0n) is 18.0. The molecule has 1 fully saturated rings. The molecule has 28 heavy (non-hydrogen) atoms. The molecule has 0 N–H and O–H groups in total. The number of hydroxylamine groups is 3. The Morgan fingerprint density at radius 2 is 1.54 bits per heavy atom. The van der Waals surface area contributed by atoms with Crippen LogP contribution in [0, 0.1) is 5.21 Å². The van der Waals surface area contributed by atoms with Crippen LogP contribution in [0.2, 0.25) is 5.04 Å². The van der Waals surface area contributed by atoms with Gasteiger partial charge in [-0.05, 0) is 22.3 Å². The maximum absolute atomic E-state index is 12.8. The van der Waals surface area contributed by atoms with Crippen molar-refractivity contribution < 1.29 is 9.07 Å². The Morgan fingerprint density at radius 3 is 1.93 bits per heavy atom. The summed E-state index contributed by atoms with van der Waals surface area (Å²) in [6, 6.07) is 21.6. The topological polar surface area (TPSA) is 32.3 Å². The molecule has 2 aromatic rings. The van der Waals surface area contributed by atoms with Crippen molar-refractivity contribution in [1.29, 1.82) is 0 Å². The predicted molar refractivity (Wildman–Crippen MR) is 120 cm³/mol. The van der Waals surface area contributed by atoms with Crippen LogP contribution in [0.5, 0.6) is 0 Å². The van der Waals surface area contributed by atoms with Crippen LogP contribution in [0.15, 0.2) is 60.7 Å². The molecule has 3 rings (SSSR count). The Morgan fingerprint density at radius 1 is 1.04 bits per heavy atom. The van der Waals surface area contributed by atoms with Gasteiger partial charge in [-0.25, -0.2) is 0 Å². The van der Waals surface area contributed by atoms with Gasteiger partial charge < -0.3 is 14.3 Å². The lowest BCUT2D eigenvalue weighted by Gasteiger charge is -2.46. The van der Waals surface area contributed by atoms with Gasteiger partial charge in [0.05, 0.1) is 19.6 Å². The number of quaternary nitrogens is 1. The van der Waals surface area contributed by atoms with E-state index >= 15 is 0 Å². The molecular weight excluding hydrogens is 362 g/mol. The smallest absolute Gasteiger partial charge is 0.261 e. The number of likely N-dealkylation sites (tertiary alicyclic amines) is 1. The highest BCUT2D eigenvalue weighted by Gasteiger charge is 2.51. The molecule has 0 bridgehead atoms. The third-order valence-electron chi connectivity index (χ3n) is 6.31. The van der Waals surface area contributed by atoms with E-state index in [1.54, 1.807) is 0 Å². The highest BCUT2D eigenvalue weighted by atomic mass is 28.4. The summed E-state index contributed by atoms with van der Waals surface area (Å²) in [4.78, 5) is 0. The van der Waals surface area contributed by atoms with Crippen LogP contribution in [-0.2, 0) is 4.43 Å². The van der Waals surface area contributed by atoms with Crippen molar-refractivity contribution in [1.82, 2.24) is 0 Å². The zero-order chi connectivity index (χ0) is 20.4. The largest absolute Gasteiger partial charge is 0.633 e. The van der Waals surface area contributed by atoms with Gasteiger partial charge in [-0.3, -0.25) is 0 Å². The maximum Gasteiger partial charge on any atom is 0.261 e. The van der Waals surface area contributed by atoms with Gasteiger partial charge >= 0.3 is 0 Å². The SMILES string of the molecule is C[C@@H](C[C@H]1CCC[N+]1(C)[O-])O[Si](c1ccccc1)(c1ccccc1)C(C)(C)C. The molecular formula is C24H35NO2Si. The third kappa shape index (κ3) is 4.11. The molecule has 4 heteroatoms. The third-order valence-corrected chi connectivity index (χ3v) is 11.5. The summed E-state index contributed by atoms with van der Waals surface area (Å²) < 4.78 is 7.00. The van der Waals surface area contributed by atoms with Crippen LogP contribution < -0.4 is 10.4 Å². The first kappa shape index (κ1) is 21.3. The van der Waals surface area contributed by atoms with Crippen molar-refractivity contribution >= 4 is 18.7 Å². The van der Waals surface area contributed by atoms with E-state index in [1.807, 2.05) is 7.05 Å². The monoisotopic (exact) mass is 397 g/mol. The van der Waals surface area contributed by atoms with Crippen LogP contribution >= 0.6 is 0 Å². The summed E-state index contributed by atoms with van der Waals surface area (Å²) in [6.45, 7) is 9.80. The average molecular weight is 398 g/mol. The Hall–Kier alpha value is -1.46. The zero-order valence-corrected chi connectivity index (χ0v) is 19.0. The number of benzene rings is 2. The van der Waals surface area contributed by atoms with Crippen LogP contribution in [0.1, 0.15) is 47.0 Å². The van der Waals surface area contributed by atoms with Gasteiger partial charge in [-0.2, -0.15) is 0 Å². The minimum Gasteiger partial charge on any atom is -0.633 e. The summed E-state index contributed by atoms with van der Waals surface area (Å²) in [5, 5.41) is 15.3. The lowest BCUT2D eigenvalue weighted by atomic mass is 10.1. The van der Waals surface area contributed by atoms with Crippen LogP contribution in [0.3, 0.4) is 0 Å². The molecule has 0 radical (unpaired) electrons. The quantitative estimate of drug-likeness (QED) is 0.410. The lowest BCUT2D eigenvalue weighted by Crippen LogP contribution is -2.67. The first-order valence-corrected chi connectivity index (χ1v) is 12.4. The summed E-state index contributed by atoms with van der Waals surface area (Å²) >= 11 is 0. The van der Waals surface area contributed by atoms with Gasteiger partial charge in [0.25, 0.3) is 8.32 Å². The number of hydrogen-bond donors (Lipinski definition) is 0. The first-order chi connectivity index (χ1) is 13.2. The number of rotatable bonds is 6. The molecule has 3 nitrogen and oxygen atoms in total. The predicted octanol–water partition coefficient (Wildman–Crippen LogP) is 4.45. The minimum absolute atomic E-state index is 0.0325. The van der Waals surface area contributed by atoms with Crippen LogP contribution in [-0.4, -0.2) is 38.7 Å². The molecule has 2 aromatic carbocycles. The van der Waals surface area contributed by atoms with Crippen molar-refractivity contribution in [2.24, 2.45) is 0 Å². The highest BCUT2D eigenvalue weighted by Crippen LogP contribution is 2.38. The van der Waals surface area contributed by atoms with E-state index in [9.17, 15) is 5.21 Å². The van der Waals surface area contributed by atoms with Crippen LogP contribution in [0.4, 0.5) is 0 Å². The summed E-state index contributed by atoms with van der Waals surface area (Å²) in [6.07, 6.45) is 2.90. The summed E-state index contributed by atoms with van der Waals surface area (Å²) in [7, 11) is -0.713. The lowest BCUT2D eigenvalue weighted by molar-refractivity contribution is -0.873. The Bertz CT molecular complexity index is 716. The minimum atomic E-state index is -2.54. The highest BCUT2D eigenvalue weighted by molar-refractivity contribution is 6.99. The standard InChI is InChI=1S/C24H35NO2Si/c1-20(19-21-13-12-18-25(21,5)26)27-28(24(2,3)4,22-14-8-6-9-15-22)23-16-10-7-11-17-23/h6-11,14-17,20-21H,12-13,18-19H2,1-5H3/t20-,21+,25?/m0/s1. The second-order valence-electron chi connectivity index (χ2n) is 9.52. The van der Waals surface area contributed by atoms with E-state index in [2.05, 4.69) is 88.4 Å². The second-order valence-corrected chi connectivity index (χ2v) is 13.8. The van der Waals surface area contributed by atoms with E-state index < -0.39 is 8.32 Å². The molecule has 0 amide bonds. The molecule has 1 aliphatic heterocycles. The average Bonchev–Trinajstić information content (AvgIpc) is 2.98. The number of hydrogen-bond acceptors (Lipinski definition) is 2. The molecule has 0 aromatic heterocycles. The van der Waals surface area contributed by atoms with Crippen molar-refractivity contribution in [2.75, 3.05) is 13.6 Å². The van der Waals surface area contributed by atoms with Gasteiger partial charge in [-0.15, -0.1) is 0 Å².